The van der Waals surface area contributed by atoms with Gasteiger partial charge in [0, 0.05) is 5.56 Å². The van der Waals surface area contributed by atoms with Crippen molar-refractivity contribution in [2.75, 3.05) is 20.0 Å². The van der Waals surface area contributed by atoms with Gasteiger partial charge in [-0.2, -0.15) is 13.2 Å². The summed E-state index contributed by atoms with van der Waals surface area (Å²) in [5, 5.41) is 1.92. The summed E-state index contributed by atoms with van der Waals surface area (Å²) in [6, 6.07) is 3.40. The maximum absolute atomic E-state index is 12.4. The summed E-state index contributed by atoms with van der Waals surface area (Å²) >= 11 is 0. The lowest BCUT2D eigenvalue weighted by molar-refractivity contribution is -0.142. The third kappa shape index (κ3) is 4.85. The molecule has 7 nitrogen and oxygen atoms in total. The van der Waals surface area contributed by atoms with Crippen LogP contribution in [0.2, 0.25) is 0 Å². The highest BCUT2D eigenvalue weighted by molar-refractivity contribution is 7.92. The predicted octanol–water partition coefficient (Wildman–Crippen LogP) is 0.901. The van der Waals surface area contributed by atoms with Gasteiger partial charge < -0.3 is 14.8 Å². The molecule has 0 bridgehead atoms. The predicted molar refractivity (Wildman–Crippen MR) is 76.1 cm³/mol. The van der Waals surface area contributed by atoms with Crippen LogP contribution >= 0.6 is 0 Å². The Morgan fingerprint density at radius 3 is 2.12 bits per heavy atom. The van der Waals surface area contributed by atoms with Crippen LogP contribution in [0.5, 0.6) is 5.75 Å². The van der Waals surface area contributed by atoms with Crippen molar-refractivity contribution in [3.63, 3.8) is 0 Å². The molecule has 0 heterocycles. The number of carbonyl (C=O) groups is 2. The van der Waals surface area contributed by atoms with Gasteiger partial charge in [-0.3, -0.25) is 4.79 Å². The van der Waals surface area contributed by atoms with Crippen molar-refractivity contribution < 1.29 is 40.7 Å². The second kappa shape index (κ2) is 7.51. The smallest absolute Gasteiger partial charge is 0.497 e. The van der Waals surface area contributed by atoms with E-state index in [9.17, 15) is 31.2 Å². The van der Waals surface area contributed by atoms with Gasteiger partial charge in [-0.25, -0.2) is 13.2 Å². The van der Waals surface area contributed by atoms with E-state index in [1.54, 1.807) is 0 Å². The Kier molecular flexibility index (Phi) is 6.18. The van der Waals surface area contributed by atoms with Gasteiger partial charge >= 0.3 is 11.5 Å². The summed E-state index contributed by atoms with van der Waals surface area (Å²) in [5.41, 5.74) is -5.56. The number of ether oxygens (including phenoxy) is 2. The topological polar surface area (TPSA) is 98.8 Å². The van der Waals surface area contributed by atoms with Crippen molar-refractivity contribution in [1.29, 1.82) is 0 Å². The van der Waals surface area contributed by atoms with Gasteiger partial charge in [0.2, 0.25) is 9.84 Å². The van der Waals surface area contributed by atoms with Crippen LogP contribution in [0, 0.1) is 0 Å². The Hall–Kier alpha value is -2.30. The van der Waals surface area contributed by atoms with Crippen molar-refractivity contribution in [2.45, 2.75) is 11.6 Å². The molecule has 24 heavy (non-hydrogen) atoms. The molecule has 0 fully saturated rings. The Morgan fingerprint density at radius 1 is 1.17 bits per heavy atom. The largest absolute Gasteiger partial charge is 0.497 e. The highest BCUT2D eigenvalue weighted by Gasteiger charge is 2.48. The summed E-state index contributed by atoms with van der Waals surface area (Å²) < 4.78 is 68.8. The third-order valence-electron chi connectivity index (χ3n) is 2.88. The van der Waals surface area contributed by atoms with Gasteiger partial charge in [0.1, 0.15) is 11.8 Å². The Labute approximate surface area is 135 Å². The van der Waals surface area contributed by atoms with Crippen LogP contribution in [0.15, 0.2) is 24.3 Å². The lowest BCUT2D eigenvalue weighted by Crippen LogP contribution is -2.48. The first-order chi connectivity index (χ1) is 11.0. The molecule has 0 aromatic heterocycles. The summed E-state index contributed by atoms with van der Waals surface area (Å²) in [5.74, 6) is -3.49. The monoisotopic (exact) mass is 369 g/mol. The fourth-order valence-corrected chi connectivity index (χ4v) is 2.46. The number of amides is 1. The van der Waals surface area contributed by atoms with Gasteiger partial charge in [0.25, 0.3) is 5.91 Å². The van der Waals surface area contributed by atoms with E-state index >= 15 is 0 Å². The summed E-state index contributed by atoms with van der Waals surface area (Å²) in [6.07, 6.45) is 0. The van der Waals surface area contributed by atoms with E-state index < -0.39 is 39.0 Å². The molecule has 0 unspecified atom stereocenters. The quantitative estimate of drug-likeness (QED) is 0.748. The van der Waals surface area contributed by atoms with Crippen LogP contribution in [0.25, 0.3) is 0 Å². The van der Waals surface area contributed by atoms with E-state index in [-0.39, 0.29) is 5.56 Å². The molecule has 0 aliphatic rings. The minimum absolute atomic E-state index is 0.00545. The Balaban J connectivity index is 2.97. The van der Waals surface area contributed by atoms with Crippen LogP contribution in [-0.4, -0.2) is 51.8 Å². The highest BCUT2D eigenvalue weighted by Crippen LogP contribution is 2.24. The minimum atomic E-state index is -5.63. The van der Waals surface area contributed by atoms with E-state index in [0.29, 0.717) is 5.75 Å². The molecule has 0 aliphatic carbocycles. The molecule has 0 spiro atoms. The molecule has 1 rings (SSSR count). The first-order valence-corrected chi connectivity index (χ1v) is 7.99. The number of esters is 1. The SMILES string of the molecule is COC(=O)[C@H](CS(=O)(=O)C(F)(F)F)NC(=O)c1ccc(OC)cc1. The molecule has 0 saturated carbocycles. The van der Waals surface area contributed by atoms with Gasteiger partial charge in [0.15, 0.2) is 0 Å². The zero-order valence-corrected chi connectivity index (χ0v) is 13.4. The number of alkyl halides is 3. The average molecular weight is 369 g/mol. The summed E-state index contributed by atoms with van der Waals surface area (Å²) in [6.45, 7) is 0. The fourth-order valence-electron chi connectivity index (χ4n) is 1.61. The Morgan fingerprint density at radius 2 is 1.71 bits per heavy atom. The molecule has 1 atom stereocenters. The van der Waals surface area contributed by atoms with Gasteiger partial charge in [-0.05, 0) is 24.3 Å². The van der Waals surface area contributed by atoms with Crippen LogP contribution in [-0.2, 0) is 19.4 Å². The van der Waals surface area contributed by atoms with Crippen LogP contribution in [0.4, 0.5) is 13.2 Å². The molecular formula is C13H14F3NO6S. The van der Waals surface area contributed by atoms with E-state index in [1.165, 1.54) is 31.4 Å². The third-order valence-corrected chi connectivity index (χ3v) is 4.36. The highest BCUT2D eigenvalue weighted by atomic mass is 32.2. The lowest BCUT2D eigenvalue weighted by atomic mass is 10.2. The van der Waals surface area contributed by atoms with E-state index in [2.05, 4.69) is 4.74 Å². The molecule has 0 radical (unpaired) electrons. The number of rotatable bonds is 6. The van der Waals surface area contributed by atoms with Crippen molar-refractivity contribution in [1.82, 2.24) is 5.32 Å². The summed E-state index contributed by atoms with van der Waals surface area (Å²) in [4.78, 5) is 23.5. The maximum atomic E-state index is 12.4. The molecule has 1 aromatic rings. The molecule has 1 N–H and O–H groups in total. The number of benzene rings is 1. The second-order valence-electron chi connectivity index (χ2n) is 4.50. The van der Waals surface area contributed by atoms with Crippen LogP contribution < -0.4 is 10.1 Å². The normalized spacial score (nSPS) is 13.0. The van der Waals surface area contributed by atoms with Crippen LogP contribution in [0.3, 0.4) is 0 Å². The fraction of sp³-hybridized carbons (Fsp3) is 0.385. The van der Waals surface area contributed by atoms with Crippen molar-refractivity contribution in [2.24, 2.45) is 0 Å². The van der Waals surface area contributed by atoms with E-state index in [1.807, 2.05) is 5.32 Å². The molecule has 0 saturated heterocycles. The van der Waals surface area contributed by atoms with Gasteiger partial charge in [0.05, 0.1) is 20.0 Å². The molecule has 0 aliphatic heterocycles. The number of methoxy groups -OCH3 is 2. The lowest BCUT2D eigenvalue weighted by Gasteiger charge is -2.17. The number of carbonyl (C=O) groups excluding carboxylic acids is 2. The molecule has 1 aromatic carbocycles. The zero-order valence-electron chi connectivity index (χ0n) is 12.6. The maximum Gasteiger partial charge on any atom is 0.497 e. The van der Waals surface area contributed by atoms with Gasteiger partial charge in [-0.15, -0.1) is 0 Å². The number of halogens is 3. The first kappa shape index (κ1) is 19.7. The number of sulfone groups is 1. The Bertz CT molecular complexity index is 699. The van der Waals surface area contributed by atoms with E-state index in [4.69, 9.17) is 4.74 Å². The van der Waals surface area contributed by atoms with Crippen molar-refractivity contribution in [3.8, 4) is 5.75 Å². The standard InChI is InChI=1S/C13H14F3NO6S/c1-22-9-5-3-8(4-6-9)11(18)17-10(12(19)23-2)7-24(20,21)13(14,15)16/h3-6,10H,7H2,1-2H3,(H,17,18)/t10-/m0/s1. The van der Waals surface area contributed by atoms with Gasteiger partial charge in [-0.1, -0.05) is 0 Å². The molecule has 134 valence electrons. The van der Waals surface area contributed by atoms with Crippen molar-refractivity contribution in [3.05, 3.63) is 29.8 Å². The number of hydrogen-bond acceptors (Lipinski definition) is 6. The van der Waals surface area contributed by atoms with Crippen LogP contribution in [0.1, 0.15) is 10.4 Å². The average Bonchev–Trinajstić information content (AvgIpc) is 2.52. The first-order valence-electron chi connectivity index (χ1n) is 6.33. The molecule has 11 heteroatoms. The van der Waals surface area contributed by atoms with Crippen molar-refractivity contribution >= 4 is 21.7 Å². The number of nitrogens with one attached hydrogen (secondary N) is 1. The minimum Gasteiger partial charge on any atom is -0.497 e. The summed E-state index contributed by atoms with van der Waals surface area (Å²) in [7, 11) is -3.38. The zero-order chi connectivity index (χ0) is 18.5. The second-order valence-corrected chi connectivity index (χ2v) is 6.53. The van der Waals surface area contributed by atoms with E-state index in [0.717, 1.165) is 7.11 Å². The molecule has 1 amide bonds. The molecular weight excluding hydrogens is 355 g/mol. The number of hydrogen-bond donors (Lipinski definition) is 1.